The highest BCUT2D eigenvalue weighted by Gasteiger charge is 2.11. The number of benzene rings is 1. The third kappa shape index (κ3) is 3.53. The van der Waals surface area contributed by atoms with E-state index in [1.54, 1.807) is 36.3 Å². The van der Waals surface area contributed by atoms with Crippen LogP contribution in [0.5, 0.6) is 0 Å². The molecule has 124 valence electrons. The number of halogens is 1. The topological polar surface area (TPSA) is 116 Å². The van der Waals surface area contributed by atoms with Crippen LogP contribution in [0.1, 0.15) is 0 Å². The molecule has 0 saturated heterocycles. The first-order valence-electron chi connectivity index (χ1n) is 6.74. The Morgan fingerprint density at radius 3 is 2.50 bits per heavy atom. The van der Waals surface area contributed by atoms with Crippen molar-refractivity contribution in [2.75, 3.05) is 5.32 Å². The first-order valence-corrected chi connectivity index (χ1v) is 8.67. The number of sulfonamides is 1. The minimum absolute atomic E-state index is 0.0288. The number of hydrogen-bond donors (Lipinski definition) is 2. The van der Waals surface area contributed by atoms with Gasteiger partial charge < -0.3 is 5.32 Å². The second-order valence-corrected chi connectivity index (χ2v) is 6.96. The quantitative estimate of drug-likeness (QED) is 0.730. The molecule has 0 aliphatic carbocycles. The molecule has 0 atom stereocenters. The van der Waals surface area contributed by atoms with Gasteiger partial charge in [0.25, 0.3) is 0 Å². The average Bonchev–Trinajstić information content (AvgIpc) is 2.95. The van der Waals surface area contributed by atoms with Gasteiger partial charge in [-0.15, -0.1) is 0 Å². The van der Waals surface area contributed by atoms with Crippen LogP contribution in [0, 0.1) is 0 Å². The summed E-state index contributed by atoms with van der Waals surface area (Å²) in [6.07, 6.45) is 4.93. The Morgan fingerprint density at radius 1 is 1.21 bits per heavy atom. The number of aryl methyl sites for hydroxylation is 1. The smallest absolute Gasteiger partial charge is 0.238 e. The van der Waals surface area contributed by atoms with Gasteiger partial charge in [-0.1, -0.05) is 11.6 Å². The predicted octanol–water partition coefficient (Wildman–Crippen LogP) is 1.92. The third-order valence-electron chi connectivity index (χ3n) is 3.16. The van der Waals surface area contributed by atoms with Crippen molar-refractivity contribution in [1.29, 1.82) is 0 Å². The zero-order valence-corrected chi connectivity index (χ0v) is 14.1. The number of nitrogens with zero attached hydrogens (tertiary/aromatic N) is 4. The Balaban J connectivity index is 1.88. The van der Waals surface area contributed by atoms with E-state index in [1.807, 2.05) is 0 Å². The van der Waals surface area contributed by atoms with Gasteiger partial charge in [0.15, 0.2) is 0 Å². The molecule has 0 radical (unpaired) electrons. The molecule has 3 rings (SSSR count). The van der Waals surface area contributed by atoms with Gasteiger partial charge in [-0.2, -0.15) is 5.10 Å². The lowest BCUT2D eigenvalue weighted by atomic mass is 10.2. The summed E-state index contributed by atoms with van der Waals surface area (Å²) < 4.78 is 24.2. The summed E-state index contributed by atoms with van der Waals surface area (Å²) in [5, 5.41) is 12.5. The van der Waals surface area contributed by atoms with Gasteiger partial charge in [0, 0.05) is 24.5 Å². The average molecular weight is 365 g/mol. The van der Waals surface area contributed by atoms with Crippen molar-refractivity contribution in [3.8, 4) is 11.3 Å². The summed E-state index contributed by atoms with van der Waals surface area (Å²) in [6, 6.07) is 5.94. The number of primary sulfonamides is 1. The van der Waals surface area contributed by atoms with Gasteiger partial charge in [0.1, 0.15) is 0 Å². The summed E-state index contributed by atoms with van der Waals surface area (Å²) in [6.45, 7) is 0. The molecule has 24 heavy (non-hydrogen) atoms. The molecule has 0 aliphatic heterocycles. The van der Waals surface area contributed by atoms with Crippen LogP contribution >= 0.6 is 11.6 Å². The Kier molecular flexibility index (Phi) is 4.22. The SMILES string of the molecule is Cn1cc(-c2nc(Nc3ccc(S(N)(=O)=O)cc3)ncc2Cl)cn1. The number of nitrogens with one attached hydrogen (secondary N) is 1. The Morgan fingerprint density at radius 2 is 1.92 bits per heavy atom. The van der Waals surface area contributed by atoms with Crippen molar-refractivity contribution in [1.82, 2.24) is 19.7 Å². The van der Waals surface area contributed by atoms with Crippen LogP contribution in [0.15, 0.2) is 47.8 Å². The molecule has 2 heterocycles. The largest absolute Gasteiger partial charge is 0.324 e. The summed E-state index contributed by atoms with van der Waals surface area (Å²) in [5.74, 6) is 0.321. The maximum atomic E-state index is 11.3. The van der Waals surface area contributed by atoms with Gasteiger partial charge >= 0.3 is 0 Å². The van der Waals surface area contributed by atoms with Crippen LogP contribution in [0.2, 0.25) is 5.02 Å². The maximum absolute atomic E-state index is 11.3. The molecule has 10 heteroatoms. The molecule has 2 aromatic heterocycles. The molecule has 1 aromatic carbocycles. The van der Waals surface area contributed by atoms with E-state index in [0.717, 1.165) is 5.56 Å². The summed E-state index contributed by atoms with van der Waals surface area (Å²) in [4.78, 5) is 8.51. The van der Waals surface area contributed by atoms with Crippen LogP contribution < -0.4 is 10.5 Å². The van der Waals surface area contributed by atoms with E-state index in [-0.39, 0.29) is 4.90 Å². The van der Waals surface area contributed by atoms with E-state index in [1.165, 1.54) is 18.3 Å². The van der Waals surface area contributed by atoms with Crippen LogP contribution in [-0.2, 0) is 17.1 Å². The molecule has 8 nitrogen and oxygen atoms in total. The highest BCUT2D eigenvalue weighted by Crippen LogP contribution is 2.26. The van der Waals surface area contributed by atoms with Crippen molar-refractivity contribution in [3.63, 3.8) is 0 Å². The van der Waals surface area contributed by atoms with E-state index in [0.29, 0.717) is 22.4 Å². The molecule has 3 N–H and O–H groups in total. The minimum Gasteiger partial charge on any atom is -0.324 e. The van der Waals surface area contributed by atoms with E-state index < -0.39 is 10.0 Å². The van der Waals surface area contributed by atoms with E-state index in [9.17, 15) is 8.42 Å². The number of rotatable bonds is 4. The van der Waals surface area contributed by atoms with Gasteiger partial charge in [0.05, 0.1) is 28.0 Å². The summed E-state index contributed by atoms with van der Waals surface area (Å²) in [5.41, 5.74) is 1.92. The fourth-order valence-corrected chi connectivity index (χ4v) is 2.75. The van der Waals surface area contributed by atoms with Crippen LogP contribution in [0.4, 0.5) is 11.6 Å². The van der Waals surface area contributed by atoms with Crippen molar-refractivity contribution >= 4 is 33.3 Å². The normalized spacial score (nSPS) is 11.5. The fourth-order valence-electron chi connectivity index (χ4n) is 2.03. The second kappa shape index (κ2) is 6.19. The molecule has 0 spiro atoms. The van der Waals surface area contributed by atoms with Gasteiger partial charge in [-0.05, 0) is 24.3 Å². The highest BCUT2D eigenvalue weighted by atomic mass is 35.5. The van der Waals surface area contributed by atoms with Crippen molar-refractivity contribution in [2.24, 2.45) is 12.2 Å². The second-order valence-electron chi connectivity index (χ2n) is 4.99. The highest BCUT2D eigenvalue weighted by molar-refractivity contribution is 7.89. The Hall–Kier alpha value is -2.49. The van der Waals surface area contributed by atoms with Gasteiger partial charge in [-0.3, -0.25) is 4.68 Å². The number of anilines is 2. The molecular formula is C14H13ClN6O2S. The van der Waals surface area contributed by atoms with Crippen molar-refractivity contribution in [3.05, 3.63) is 47.9 Å². The Labute approximate surface area is 143 Å². The van der Waals surface area contributed by atoms with Crippen LogP contribution in [-0.4, -0.2) is 28.2 Å². The molecular weight excluding hydrogens is 352 g/mol. The van der Waals surface area contributed by atoms with E-state index in [2.05, 4.69) is 20.4 Å². The van der Waals surface area contributed by atoms with E-state index >= 15 is 0 Å². The zero-order valence-electron chi connectivity index (χ0n) is 12.5. The molecule has 0 amide bonds. The number of nitrogens with two attached hydrogens (primary N) is 1. The molecule has 0 fully saturated rings. The zero-order chi connectivity index (χ0) is 17.3. The summed E-state index contributed by atoms with van der Waals surface area (Å²) >= 11 is 6.14. The lowest BCUT2D eigenvalue weighted by molar-refractivity contribution is 0.598. The van der Waals surface area contributed by atoms with Gasteiger partial charge in [0.2, 0.25) is 16.0 Å². The summed E-state index contributed by atoms with van der Waals surface area (Å²) in [7, 11) is -1.93. The monoisotopic (exact) mass is 364 g/mol. The first-order chi connectivity index (χ1) is 11.3. The third-order valence-corrected chi connectivity index (χ3v) is 4.37. The minimum atomic E-state index is -3.72. The lowest BCUT2D eigenvalue weighted by Gasteiger charge is -2.07. The molecule has 3 aromatic rings. The number of aromatic nitrogens is 4. The standard InChI is InChI=1S/C14H13ClN6O2S/c1-21-8-9(6-18-21)13-12(15)7-17-14(20-13)19-10-2-4-11(5-3-10)24(16,22)23/h2-8H,1H3,(H2,16,22,23)(H,17,19,20). The molecule has 0 bridgehead atoms. The molecule has 0 unspecified atom stereocenters. The van der Waals surface area contributed by atoms with Crippen LogP contribution in [0.3, 0.4) is 0 Å². The lowest BCUT2D eigenvalue weighted by Crippen LogP contribution is -2.11. The fraction of sp³-hybridized carbons (Fsp3) is 0.0714. The van der Waals surface area contributed by atoms with E-state index in [4.69, 9.17) is 16.7 Å². The number of hydrogen-bond acceptors (Lipinski definition) is 6. The molecule has 0 saturated carbocycles. The van der Waals surface area contributed by atoms with Crippen molar-refractivity contribution < 1.29 is 8.42 Å². The van der Waals surface area contributed by atoms with Crippen molar-refractivity contribution in [2.45, 2.75) is 4.90 Å². The molecule has 0 aliphatic rings. The van der Waals surface area contributed by atoms with Gasteiger partial charge in [-0.25, -0.2) is 23.5 Å². The first kappa shape index (κ1) is 16.4. The Bertz CT molecular complexity index is 985. The predicted molar refractivity (Wildman–Crippen MR) is 90.3 cm³/mol. The van der Waals surface area contributed by atoms with Crippen LogP contribution in [0.25, 0.3) is 11.3 Å². The maximum Gasteiger partial charge on any atom is 0.238 e.